The molecule has 1 aliphatic heterocycles. The Morgan fingerprint density at radius 3 is 2.31 bits per heavy atom. The van der Waals surface area contributed by atoms with Gasteiger partial charge < -0.3 is 10.2 Å². The number of halogens is 1. The largest absolute Gasteiger partial charge is 0.369 e. The van der Waals surface area contributed by atoms with Crippen LogP contribution in [0.2, 0.25) is 0 Å². The minimum atomic E-state index is -0.391. The van der Waals surface area contributed by atoms with Gasteiger partial charge in [-0.05, 0) is 68.8 Å². The van der Waals surface area contributed by atoms with Gasteiger partial charge in [-0.3, -0.25) is 19.1 Å². The van der Waals surface area contributed by atoms with Crippen molar-refractivity contribution < 1.29 is 14.0 Å². The maximum absolute atomic E-state index is 13.9. The SMILES string of the molecule is CC(=O)c1ccc(N2CCN(CC(=O)Nc3c(C#N)c(C)c(C)n3-c3cccc(F)c3)CC2)cc1. The van der Waals surface area contributed by atoms with Crippen molar-refractivity contribution in [2.45, 2.75) is 20.8 Å². The van der Waals surface area contributed by atoms with Gasteiger partial charge in [0.05, 0.1) is 17.8 Å². The summed E-state index contributed by atoms with van der Waals surface area (Å²) in [6, 6.07) is 15.8. The van der Waals surface area contributed by atoms with Crippen molar-refractivity contribution in [1.82, 2.24) is 9.47 Å². The predicted molar refractivity (Wildman–Crippen MR) is 134 cm³/mol. The lowest BCUT2D eigenvalue weighted by Gasteiger charge is -2.35. The third kappa shape index (κ3) is 5.10. The summed E-state index contributed by atoms with van der Waals surface area (Å²) in [5, 5.41) is 12.6. The summed E-state index contributed by atoms with van der Waals surface area (Å²) in [7, 11) is 0. The zero-order valence-corrected chi connectivity index (χ0v) is 20.1. The molecule has 7 nitrogen and oxygen atoms in total. The molecular formula is C27H28FN5O2. The Morgan fingerprint density at radius 1 is 1.03 bits per heavy atom. The van der Waals surface area contributed by atoms with E-state index in [-0.39, 0.29) is 18.2 Å². The summed E-state index contributed by atoms with van der Waals surface area (Å²) < 4.78 is 15.6. The Bertz CT molecular complexity index is 1300. The molecule has 2 heterocycles. The third-order valence-electron chi connectivity index (χ3n) is 6.53. The van der Waals surface area contributed by atoms with Crippen LogP contribution in [0.25, 0.3) is 5.69 Å². The van der Waals surface area contributed by atoms with E-state index in [0.29, 0.717) is 35.7 Å². The first-order chi connectivity index (χ1) is 16.8. The van der Waals surface area contributed by atoms with E-state index in [1.807, 2.05) is 38.1 Å². The number of nitrogens with one attached hydrogen (secondary N) is 1. The van der Waals surface area contributed by atoms with Gasteiger partial charge in [-0.1, -0.05) is 6.07 Å². The molecule has 0 aliphatic carbocycles. The molecule has 0 spiro atoms. The first-order valence-corrected chi connectivity index (χ1v) is 11.5. The number of amides is 1. The molecule has 180 valence electrons. The van der Waals surface area contributed by atoms with Crippen molar-refractivity contribution in [3.05, 3.63) is 76.7 Å². The molecule has 3 aromatic rings. The second kappa shape index (κ2) is 10.1. The number of aromatic nitrogens is 1. The van der Waals surface area contributed by atoms with Crippen LogP contribution < -0.4 is 10.2 Å². The van der Waals surface area contributed by atoms with Crippen LogP contribution in [0.3, 0.4) is 0 Å². The summed E-state index contributed by atoms with van der Waals surface area (Å²) in [4.78, 5) is 28.8. The van der Waals surface area contributed by atoms with E-state index in [9.17, 15) is 19.2 Å². The maximum atomic E-state index is 13.9. The Hall–Kier alpha value is -3.96. The van der Waals surface area contributed by atoms with Crippen molar-refractivity contribution in [1.29, 1.82) is 5.26 Å². The van der Waals surface area contributed by atoms with Gasteiger partial charge in [0.1, 0.15) is 17.7 Å². The Morgan fingerprint density at radius 2 is 1.71 bits per heavy atom. The lowest BCUT2D eigenvalue weighted by atomic mass is 10.1. The minimum absolute atomic E-state index is 0.0425. The molecule has 0 unspecified atom stereocenters. The molecule has 8 heteroatoms. The molecule has 4 rings (SSSR count). The molecule has 2 aromatic carbocycles. The number of hydrogen-bond acceptors (Lipinski definition) is 5. The van der Waals surface area contributed by atoms with Crippen molar-refractivity contribution in [2.75, 3.05) is 42.9 Å². The fraction of sp³-hybridized carbons (Fsp3) is 0.296. The summed E-state index contributed by atoms with van der Waals surface area (Å²) in [5.74, 6) is -0.211. The highest BCUT2D eigenvalue weighted by molar-refractivity contribution is 5.94. The topological polar surface area (TPSA) is 81.4 Å². The third-order valence-corrected chi connectivity index (χ3v) is 6.53. The van der Waals surface area contributed by atoms with Crippen LogP contribution in [0.15, 0.2) is 48.5 Å². The van der Waals surface area contributed by atoms with Crippen LogP contribution >= 0.6 is 0 Å². The van der Waals surface area contributed by atoms with E-state index in [2.05, 4.69) is 21.2 Å². The van der Waals surface area contributed by atoms with E-state index >= 15 is 0 Å². The second-order valence-corrected chi connectivity index (χ2v) is 8.78. The lowest BCUT2D eigenvalue weighted by Crippen LogP contribution is -2.48. The zero-order chi connectivity index (χ0) is 25.1. The van der Waals surface area contributed by atoms with Crippen LogP contribution in [0.1, 0.15) is 34.1 Å². The van der Waals surface area contributed by atoms with Crippen LogP contribution in [-0.2, 0) is 4.79 Å². The van der Waals surface area contributed by atoms with Gasteiger partial charge >= 0.3 is 0 Å². The monoisotopic (exact) mass is 473 g/mol. The first-order valence-electron chi connectivity index (χ1n) is 11.5. The number of ketones is 1. The van der Waals surface area contributed by atoms with Gasteiger partial charge in [0.2, 0.25) is 5.91 Å². The number of hydrogen-bond donors (Lipinski definition) is 1. The Kier molecular flexibility index (Phi) is 6.99. The van der Waals surface area contributed by atoms with Crippen LogP contribution in [0, 0.1) is 31.0 Å². The number of nitrogens with zero attached hydrogens (tertiary/aromatic N) is 4. The van der Waals surface area contributed by atoms with Gasteiger partial charge in [0.15, 0.2) is 5.78 Å². The number of carbonyl (C=O) groups is 2. The molecule has 1 aliphatic rings. The van der Waals surface area contributed by atoms with Gasteiger partial charge in [-0.25, -0.2) is 4.39 Å². The van der Waals surface area contributed by atoms with Gasteiger partial charge in [-0.2, -0.15) is 5.26 Å². The zero-order valence-electron chi connectivity index (χ0n) is 20.1. The molecular weight excluding hydrogens is 445 g/mol. The summed E-state index contributed by atoms with van der Waals surface area (Å²) in [5.41, 5.74) is 4.18. The number of benzene rings is 2. The van der Waals surface area contributed by atoms with Crippen LogP contribution in [0.5, 0.6) is 0 Å². The van der Waals surface area contributed by atoms with Crippen molar-refractivity contribution in [3.8, 4) is 11.8 Å². The van der Waals surface area contributed by atoms with Gasteiger partial charge in [0, 0.05) is 43.1 Å². The smallest absolute Gasteiger partial charge is 0.239 e. The highest BCUT2D eigenvalue weighted by Crippen LogP contribution is 2.30. The average molecular weight is 474 g/mol. The van der Waals surface area contributed by atoms with E-state index in [1.165, 1.54) is 12.1 Å². The number of anilines is 2. The molecule has 0 bridgehead atoms. The number of carbonyl (C=O) groups excluding carboxylic acids is 2. The number of piperazine rings is 1. The van der Waals surface area contributed by atoms with E-state index in [0.717, 1.165) is 30.0 Å². The maximum Gasteiger partial charge on any atom is 0.239 e. The summed E-state index contributed by atoms with van der Waals surface area (Å²) in [6.45, 7) is 8.33. The van der Waals surface area contributed by atoms with Gasteiger partial charge in [0.25, 0.3) is 0 Å². The van der Waals surface area contributed by atoms with E-state index in [4.69, 9.17) is 0 Å². The molecule has 1 saturated heterocycles. The molecule has 35 heavy (non-hydrogen) atoms. The standard InChI is InChI=1S/C27H28FN5O2/c1-18-19(2)33(24-6-4-5-22(28)15-24)27(25(18)16-29)30-26(35)17-31-11-13-32(14-12-31)23-9-7-21(8-10-23)20(3)34/h4-10,15H,11-14,17H2,1-3H3,(H,30,35). The minimum Gasteiger partial charge on any atom is -0.369 e. The molecule has 0 saturated carbocycles. The normalized spacial score (nSPS) is 14.0. The summed E-state index contributed by atoms with van der Waals surface area (Å²) in [6.07, 6.45) is 0. The summed E-state index contributed by atoms with van der Waals surface area (Å²) >= 11 is 0. The van der Waals surface area contributed by atoms with Gasteiger partial charge in [-0.15, -0.1) is 0 Å². The highest BCUT2D eigenvalue weighted by atomic mass is 19.1. The molecule has 0 radical (unpaired) electrons. The first kappa shape index (κ1) is 24.2. The molecule has 1 aromatic heterocycles. The second-order valence-electron chi connectivity index (χ2n) is 8.78. The Balaban J connectivity index is 1.44. The van der Waals surface area contributed by atoms with Crippen molar-refractivity contribution in [2.24, 2.45) is 0 Å². The fourth-order valence-electron chi connectivity index (χ4n) is 4.44. The van der Waals surface area contributed by atoms with Crippen molar-refractivity contribution in [3.63, 3.8) is 0 Å². The quantitative estimate of drug-likeness (QED) is 0.546. The van der Waals surface area contributed by atoms with Crippen molar-refractivity contribution >= 4 is 23.2 Å². The van der Waals surface area contributed by atoms with E-state index < -0.39 is 5.82 Å². The number of Topliss-reactive ketones (excluding diaryl/α,β-unsaturated/α-hetero) is 1. The van der Waals surface area contributed by atoms with Crippen LogP contribution in [-0.4, -0.2) is 53.9 Å². The number of rotatable bonds is 6. The predicted octanol–water partition coefficient (Wildman–Crippen LogP) is 4.07. The fourth-order valence-corrected chi connectivity index (χ4v) is 4.44. The van der Waals surface area contributed by atoms with Crippen LogP contribution in [0.4, 0.5) is 15.9 Å². The van der Waals surface area contributed by atoms with E-state index in [1.54, 1.807) is 23.6 Å². The molecule has 1 amide bonds. The molecule has 0 atom stereocenters. The average Bonchev–Trinajstić information content (AvgIpc) is 3.08. The number of nitriles is 1. The Labute approximate surface area is 204 Å². The highest BCUT2D eigenvalue weighted by Gasteiger charge is 2.23. The lowest BCUT2D eigenvalue weighted by molar-refractivity contribution is -0.117. The molecule has 1 N–H and O–H groups in total. The molecule has 1 fully saturated rings.